The summed E-state index contributed by atoms with van der Waals surface area (Å²) in [5, 5.41) is 1.67. The largest absolute Gasteiger partial charge is 0.348 e. The van der Waals surface area contributed by atoms with Crippen LogP contribution in [0.4, 0.5) is 0 Å². The van der Waals surface area contributed by atoms with Gasteiger partial charge in [0, 0.05) is 14.1 Å². The summed E-state index contributed by atoms with van der Waals surface area (Å²) in [6, 6.07) is 0. The Hall–Kier alpha value is -0.440. The Balaban J connectivity index is 3.38. The molecule has 0 unspecified atom stereocenters. The Morgan fingerprint density at radius 2 is 2.33 bits per heavy atom. The van der Waals surface area contributed by atoms with Gasteiger partial charge in [-0.1, -0.05) is 6.58 Å². The minimum absolute atomic E-state index is 0.125. The van der Waals surface area contributed by atoms with Crippen molar-refractivity contribution in [3.8, 4) is 0 Å². The normalized spacial score (nSPS) is 8.67. The van der Waals surface area contributed by atoms with Crippen molar-refractivity contribution in [3.63, 3.8) is 0 Å². The average Bonchev–Trinajstić information content (AvgIpc) is 1.82. The monoisotopic (exact) mass is 145 g/mol. The fourth-order valence-electron chi connectivity index (χ4n) is 0.259. The molecule has 0 aliphatic heterocycles. The molecule has 0 saturated heterocycles. The second-order valence-corrected chi connectivity index (χ2v) is 2.72. The maximum Gasteiger partial charge on any atom is 0.232 e. The molecule has 2 nitrogen and oxygen atoms in total. The van der Waals surface area contributed by atoms with Crippen LogP contribution in [0, 0.1) is 0 Å². The lowest BCUT2D eigenvalue weighted by molar-refractivity contribution is -0.125. The molecule has 52 valence electrons. The van der Waals surface area contributed by atoms with Crippen LogP contribution >= 0.6 is 11.8 Å². The van der Waals surface area contributed by atoms with Crippen molar-refractivity contribution in [1.82, 2.24) is 4.90 Å². The Labute approximate surface area is 59.9 Å². The average molecular weight is 145 g/mol. The molecule has 0 N–H and O–H groups in total. The topological polar surface area (TPSA) is 20.3 Å². The first-order valence-electron chi connectivity index (χ1n) is 2.61. The molecular weight excluding hydrogens is 134 g/mol. The zero-order valence-corrected chi connectivity index (χ0v) is 6.57. The Kier molecular flexibility index (Phi) is 4.22. The standard InChI is InChI=1S/C6H11NOS/c1-4-9-5-6(8)7(2)3/h4H,1,5H2,2-3H3. The van der Waals surface area contributed by atoms with E-state index < -0.39 is 0 Å². The van der Waals surface area contributed by atoms with Crippen molar-refractivity contribution in [2.75, 3.05) is 19.8 Å². The van der Waals surface area contributed by atoms with Crippen molar-refractivity contribution < 1.29 is 4.79 Å². The molecule has 1 amide bonds. The van der Waals surface area contributed by atoms with Gasteiger partial charge in [0.05, 0.1) is 5.75 Å². The van der Waals surface area contributed by atoms with Crippen molar-refractivity contribution in [2.24, 2.45) is 0 Å². The van der Waals surface area contributed by atoms with E-state index in [4.69, 9.17) is 0 Å². The number of hydrogen-bond donors (Lipinski definition) is 0. The summed E-state index contributed by atoms with van der Waals surface area (Å²) in [4.78, 5) is 12.3. The first-order valence-corrected chi connectivity index (χ1v) is 3.66. The highest BCUT2D eigenvalue weighted by Gasteiger charge is 1.99. The third-order valence-corrected chi connectivity index (χ3v) is 1.47. The molecule has 0 radical (unpaired) electrons. The summed E-state index contributed by atoms with van der Waals surface area (Å²) in [5.74, 6) is 0.621. The lowest BCUT2D eigenvalue weighted by atomic mass is 10.6. The van der Waals surface area contributed by atoms with Crippen molar-refractivity contribution in [3.05, 3.63) is 12.0 Å². The van der Waals surface area contributed by atoms with Crippen LogP contribution in [0.3, 0.4) is 0 Å². The SMILES string of the molecule is C=CSCC(=O)N(C)C. The number of rotatable bonds is 3. The predicted molar refractivity (Wildman–Crippen MR) is 41.3 cm³/mol. The molecule has 0 aromatic rings. The van der Waals surface area contributed by atoms with E-state index in [1.807, 2.05) is 0 Å². The van der Waals surface area contributed by atoms with E-state index in [1.54, 1.807) is 24.4 Å². The Morgan fingerprint density at radius 1 is 1.78 bits per heavy atom. The molecule has 0 aliphatic carbocycles. The van der Waals surface area contributed by atoms with E-state index in [0.29, 0.717) is 5.75 Å². The van der Waals surface area contributed by atoms with Gasteiger partial charge in [-0.3, -0.25) is 4.79 Å². The number of hydrogen-bond acceptors (Lipinski definition) is 2. The van der Waals surface area contributed by atoms with Gasteiger partial charge in [-0.25, -0.2) is 0 Å². The van der Waals surface area contributed by atoms with E-state index in [9.17, 15) is 4.79 Å². The first kappa shape index (κ1) is 8.56. The minimum Gasteiger partial charge on any atom is -0.348 e. The van der Waals surface area contributed by atoms with Gasteiger partial charge in [0.15, 0.2) is 0 Å². The molecule has 0 aromatic carbocycles. The molecule has 9 heavy (non-hydrogen) atoms. The minimum atomic E-state index is 0.125. The van der Waals surface area contributed by atoms with Gasteiger partial charge in [-0.15, -0.1) is 11.8 Å². The van der Waals surface area contributed by atoms with E-state index >= 15 is 0 Å². The van der Waals surface area contributed by atoms with E-state index in [-0.39, 0.29) is 5.91 Å². The summed E-state index contributed by atoms with van der Waals surface area (Å²) in [5.41, 5.74) is 0. The quantitative estimate of drug-likeness (QED) is 0.589. The predicted octanol–water partition coefficient (Wildman–Crippen LogP) is 0.951. The molecule has 0 heterocycles. The van der Waals surface area contributed by atoms with Gasteiger partial charge in [-0.2, -0.15) is 0 Å². The molecule has 0 atom stereocenters. The number of amides is 1. The van der Waals surface area contributed by atoms with E-state index in [1.165, 1.54) is 11.8 Å². The van der Waals surface area contributed by atoms with Crippen molar-refractivity contribution in [1.29, 1.82) is 0 Å². The van der Waals surface area contributed by atoms with Gasteiger partial charge < -0.3 is 4.90 Å². The van der Waals surface area contributed by atoms with E-state index in [2.05, 4.69) is 6.58 Å². The highest BCUT2D eigenvalue weighted by molar-refractivity contribution is 8.02. The number of carbonyl (C=O) groups excluding carboxylic acids is 1. The Morgan fingerprint density at radius 3 is 2.67 bits per heavy atom. The third-order valence-electron chi connectivity index (χ3n) is 0.823. The van der Waals surface area contributed by atoms with Gasteiger partial charge >= 0.3 is 0 Å². The van der Waals surface area contributed by atoms with Crippen molar-refractivity contribution in [2.45, 2.75) is 0 Å². The summed E-state index contributed by atoms with van der Waals surface area (Å²) in [6.07, 6.45) is 0. The van der Waals surface area contributed by atoms with Crippen LogP contribution in [0.25, 0.3) is 0 Å². The molecule has 0 aromatic heterocycles. The van der Waals surface area contributed by atoms with Crippen LogP contribution in [0.5, 0.6) is 0 Å². The van der Waals surface area contributed by atoms with Gasteiger partial charge in [-0.05, 0) is 5.41 Å². The number of thioether (sulfide) groups is 1. The Bertz CT molecular complexity index is 112. The van der Waals surface area contributed by atoms with E-state index in [0.717, 1.165) is 0 Å². The molecule has 0 saturated carbocycles. The third kappa shape index (κ3) is 4.09. The molecule has 0 aliphatic rings. The molecule has 0 fully saturated rings. The maximum absolute atomic E-state index is 10.8. The second kappa shape index (κ2) is 4.44. The second-order valence-electron chi connectivity index (χ2n) is 1.77. The molecule has 0 bridgehead atoms. The fourth-order valence-corrected chi connectivity index (χ4v) is 0.778. The first-order chi connectivity index (χ1) is 4.18. The summed E-state index contributed by atoms with van der Waals surface area (Å²) in [6.45, 7) is 3.48. The number of carbonyl (C=O) groups is 1. The molecular formula is C6H11NOS. The highest BCUT2D eigenvalue weighted by Crippen LogP contribution is 1.99. The summed E-state index contributed by atoms with van der Waals surface area (Å²) < 4.78 is 0. The van der Waals surface area contributed by atoms with Crippen LogP contribution in [0.2, 0.25) is 0 Å². The summed E-state index contributed by atoms with van der Waals surface area (Å²) >= 11 is 1.42. The molecule has 0 rings (SSSR count). The van der Waals surface area contributed by atoms with Crippen LogP contribution < -0.4 is 0 Å². The van der Waals surface area contributed by atoms with Crippen LogP contribution in [0.15, 0.2) is 12.0 Å². The lowest BCUT2D eigenvalue weighted by Gasteiger charge is -2.07. The lowest BCUT2D eigenvalue weighted by Crippen LogP contribution is -2.23. The van der Waals surface area contributed by atoms with Gasteiger partial charge in [0.2, 0.25) is 5.91 Å². The molecule has 3 heteroatoms. The number of nitrogens with zero attached hydrogens (tertiary/aromatic N) is 1. The van der Waals surface area contributed by atoms with Crippen LogP contribution in [-0.2, 0) is 4.79 Å². The maximum atomic E-state index is 10.8. The smallest absolute Gasteiger partial charge is 0.232 e. The van der Waals surface area contributed by atoms with Crippen LogP contribution in [0.1, 0.15) is 0 Å². The van der Waals surface area contributed by atoms with Gasteiger partial charge in [0.25, 0.3) is 0 Å². The fraction of sp³-hybridized carbons (Fsp3) is 0.500. The van der Waals surface area contributed by atoms with Gasteiger partial charge in [0.1, 0.15) is 0 Å². The molecule has 0 spiro atoms. The van der Waals surface area contributed by atoms with Crippen LogP contribution in [-0.4, -0.2) is 30.7 Å². The zero-order chi connectivity index (χ0) is 7.28. The summed E-state index contributed by atoms with van der Waals surface area (Å²) in [7, 11) is 3.48. The highest BCUT2D eigenvalue weighted by atomic mass is 32.2. The van der Waals surface area contributed by atoms with Crippen molar-refractivity contribution >= 4 is 17.7 Å². The zero-order valence-electron chi connectivity index (χ0n) is 5.76.